The molecule has 1 aliphatic heterocycles. The minimum absolute atomic E-state index is 0.0426. The Morgan fingerprint density at radius 2 is 2.11 bits per heavy atom. The number of amides is 1. The molecular formula is C15H28N2O2. The van der Waals surface area contributed by atoms with Crippen molar-refractivity contribution in [3.05, 3.63) is 0 Å². The van der Waals surface area contributed by atoms with Gasteiger partial charge in [-0.3, -0.25) is 4.79 Å². The maximum Gasteiger partial charge on any atom is 0.226 e. The number of aliphatic hydroxyl groups excluding tert-OH is 1. The van der Waals surface area contributed by atoms with E-state index >= 15 is 0 Å². The number of likely N-dealkylation sites (tertiary alicyclic amines) is 1. The first kappa shape index (κ1) is 14.8. The van der Waals surface area contributed by atoms with Gasteiger partial charge in [0.2, 0.25) is 5.91 Å². The zero-order valence-electron chi connectivity index (χ0n) is 12.1. The van der Waals surface area contributed by atoms with Crippen LogP contribution in [0.5, 0.6) is 0 Å². The molecule has 4 heteroatoms. The normalized spacial score (nSPS) is 34.1. The number of carbonyl (C=O) groups excluding carboxylic acids is 1. The van der Waals surface area contributed by atoms with Crippen molar-refractivity contribution in [2.24, 2.45) is 17.6 Å². The van der Waals surface area contributed by atoms with Crippen LogP contribution >= 0.6 is 0 Å². The molecule has 0 radical (unpaired) electrons. The number of hydrogen-bond acceptors (Lipinski definition) is 3. The molecule has 1 amide bonds. The van der Waals surface area contributed by atoms with Crippen LogP contribution in [0, 0.1) is 11.8 Å². The zero-order chi connectivity index (χ0) is 13.8. The summed E-state index contributed by atoms with van der Waals surface area (Å²) in [6.45, 7) is 2.96. The highest BCUT2D eigenvalue weighted by atomic mass is 16.3. The molecule has 0 aromatic heterocycles. The van der Waals surface area contributed by atoms with E-state index in [1.54, 1.807) is 0 Å². The number of nitrogens with two attached hydrogens (primary N) is 1. The molecule has 4 unspecified atom stereocenters. The highest BCUT2D eigenvalue weighted by molar-refractivity contribution is 5.79. The number of piperidine rings is 1. The fraction of sp³-hybridized carbons (Fsp3) is 0.933. The molecule has 1 saturated carbocycles. The van der Waals surface area contributed by atoms with Gasteiger partial charge in [0, 0.05) is 18.5 Å². The summed E-state index contributed by atoms with van der Waals surface area (Å²) in [6, 6.07) is 0.310. The van der Waals surface area contributed by atoms with Gasteiger partial charge in [-0.25, -0.2) is 0 Å². The van der Waals surface area contributed by atoms with Crippen molar-refractivity contribution in [1.82, 2.24) is 4.90 Å². The third kappa shape index (κ3) is 3.48. The van der Waals surface area contributed by atoms with Gasteiger partial charge in [0.1, 0.15) is 0 Å². The number of carbonyl (C=O) groups is 1. The Hall–Kier alpha value is -0.610. The molecule has 4 atom stereocenters. The van der Waals surface area contributed by atoms with Crippen LogP contribution < -0.4 is 5.73 Å². The van der Waals surface area contributed by atoms with Gasteiger partial charge in [-0.05, 0) is 44.4 Å². The number of nitrogens with zero attached hydrogens (tertiary/aromatic N) is 1. The Bertz CT molecular complexity index is 309. The van der Waals surface area contributed by atoms with Gasteiger partial charge in [0.05, 0.1) is 12.6 Å². The fourth-order valence-electron chi connectivity index (χ4n) is 3.66. The summed E-state index contributed by atoms with van der Waals surface area (Å²) in [5.74, 6) is 0.717. The molecule has 2 fully saturated rings. The molecular weight excluding hydrogens is 240 g/mol. The first-order valence-corrected chi connectivity index (χ1v) is 7.80. The lowest BCUT2D eigenvalue weighted by Crippen LogP contribution is -2.49. The van der Waals surface area contributed by atoms with Gasteiger partial charge in [0.25, 0.3) is 0 Å². The first-order chi connectivity index (χ1) is 9.13. The second-order valence-corrected chi connectivity index (χ2v) is 6.34. The summed E-state index contributed by atoms with van der Waals surface area (Å²) in [4.78, 5) is 14.6. The minimum Gasteiger partial charge on any atom is -0.394 e. The zero-order valence-corrected chi connectivity index (χ0v) is 12.1. The maximum absolute atomic E-state index is 12.6. The predicted molar refractivity (Wildman–Crippen MR) is 75.5 cm³/mol. The average molecular weight is 268 g/mol. The summed E-state index contributed by atoms with van der Waals surface area (Å²) >= 11 is 0. The van der Waals surface area contributed by atoms with Crippen LogP contribution in [0.3, 0.4) is 0 Å². The lowest BCUT2D eigenvalue weighted by molar-refractivity contribution is -0.142. The van der Waals surface area contributed by atoms with E-state index in [4.69, 9.17) is 5.73 Å². The predicted octanol–water partition coefficient (Wildman–Crippen LogP) is 1.51. The highest BCUT2D eigenvalue weighted by Crippen LogP contribution is 2.31. The first-order valence-electron chi connectivity index (χ1n) is 7.80. The minimum atomic E-state index is 0.0426. The van der Waals surface area contributed by atoms with Crippen LogP contribution in [0.2, 0.25) is 0 Å². The summed E-state index contributed by atoms with van der Waals surface area (Å²) in [5, 5.41) is 9.43. The van der Waals surface area contributed by atoms with Crippen LogP contribution in [0.4, 0.5) is 0 Å². The standard InChI is InChI=1S/C15H28N2O2/c1-11(12-5-4-6-13(16)9-12)15(19)17-8-3-2-7-14(17)10-18/h11-14,18H,2-10,16H2,1H3. The van der Waals surface area contributed by atoms with Crippen molar-refractivity contribution >= 4 is 5.91 Å². The molecule has 2 rings (SSSR count). The van der Waals surface area contributed by atoms with Gasteiger partial charge in [0.15, 0.2) is 0 Å². The van der Waals surface area contributed by atoms with Crippen LogP contribution in [-0.4, -0.2) is 41.1 Å². The van der Waals surface area contributed by atoms with Crippen molar-refractivity contribution in [1.29, 1.82) is 0 Å². The Labute approximate surface area is 116 Å². The molecule has 1 saturated heterocycles. The van der Waals surface area contributed by atoms with E-state index in [0.717, 1.165) is 51.5 Å². The molecule has 19 heavy (non-hydrogen) atoms. The van der Waals surface area contributed by atoms with E-state index in [0.29, 0.717) is 5.92 Å². The van der Waals surface area contributed by atoms with E-state index < -0.39 is 0 Å². The number of rotatable bonds is 3. The van der Waals surface area contributed by atoms with Crippen LogP contribution in [-0.2, 0) is 4.79 Å². The van der Waals surface area contributed by atoms with E-state index in [-0.39, 0.29) is 30.5 Å². The lowest BCUT2D eigenvalue weighted by atomic mass is 9.78. The van der Waals surface area contributed by atoms with Crippen LogP contribution in [0.15, 0.2) is 0 Å². The molecule has 0 bridgehead atoms. The van der Waals surface area contributed by atoms with Crippen LogP contribution in [0.1, 0.15) is 51.9 Å². The Morgan fingerprint density at radius 1 is 1.32 bits per heavy atom. The number of hydrogen-bond donors (Lipinski definition) is 2. The summed E-state index contributed by atoms with van der Waals surface area (Å²) in [7, 11) is 0. The molecule has 0 aromatic carbocycles. The maximum atomic E-state index is 12.6. The topological polar surface area (TPSA) is 66.6 Å². The third-order valence-corrected chi connectivity index (χ3v) is 4.97. The van der Waals surface area contributed by atoms with Gasteiger partial charge in [-0.2, -0.15) is 0 Å². The fourth-order valence-corrected chi connectivity index (χ4v) is 3.66. The molecule has 4 nitrogen and oxygen atoms in total. The quantitative estimate of drug-likeness (QED) is 0.815. The largest absolute Gasteiger partial charge is 0.394 e. The monoisotopic (exact) mass is 268 g/mol. The van der Waals surface area contributed by atoms with E-state index in [9.17, 15) is 9.90 Å². The summed E-state index contributed by atoms with van der Waals surface area (Å²) in [6.07, 6.45) is 7.48. The average Bonchev–Trinajstić information content (AvgIpc) is 2.45. The molecule has 110 valence electrons. The molecule has 2 aliphatic rings. The SMILES string of the molecule is CC(C(=O)N1CCCCC1CO)C1CCCC(N)C1. The van der Waals surface area contributed by atoms with Crippen LogP contribution in [0.25, 0.3) is 0 Å². The van der Waals surface area contributed by atoms with Crippen molar-refractivity contribution in [2.45, 2.75) is 64.0 Å². The summed E-state index contributed by atoms with van der Waals surface area (Å²) < 4.78 is 0. The van der Waals surface area contributed by atoms with Gasteiger partial charge in [-0.15, -0.1) is 0 Å². The smallest absolute Gasteiger partial charge is 0.226 e. The lowest BCUT2D eigenvalue weighted by Gasteiger charge is -2.39. The highest BCUT2D eigenvalue weighted by Gasteiger charge is 2.34. The third-order valence-electron chi connectivity index (χ3n) is 4.97. The van der Waals surface area contributed by atoms with E-state index in [2.05, 4.69) is 0 Å². The molecule has 1 aliphatic carbocycles. The Morgan fingerprint density at radius 3 is 2.79 bits per heavy atom. The van der Waals surface area contributed by atoms with Crippen molar-refractivity contribution in [3.8, 4) is 0 Å². The second kappa shape index (κ2) is 6.71. The van der Waals surface area contributed by atoms with E-state index in [1.165, 1.54) is 0 Å². The number of aliphatic hydroxyl groups is 1. The van der Waals surface area contributed by atoms with Gasteiger partial charge < -0.3 is 15.7 Å². The molecule has 0 spiro atoms. The molecule has 3 N–H and O–H groups in total. The molecule has 0 aromatic rings. The molecule has 1 heterocycles. The Balaban J connectivity index is 1.97. The van der Waals surface area contributed by atoms with E-state index in [1.807, 2.05) is 11.8 Å². The van der Waals surface area contributed by atoms with Gasteiger partial charge >= 0.3 is 0 Å². The van der Waals surface area contributed by atoms with Crippen molar-refractivity contribution in [3.63, 3.8) is 0 Å². The van der Waals surface area contributed by atoms with Gasteiger partial charge in [-0.1, -0.05) is 13.3 Å². The Kier molecular flexibility index (Phi) is 5.22. The summed E-state index contributed by atoms with van der Waals surface area (Å²) in [5.41, 5.74) is 6.03. The van der Waals surface area contributed by atoms with Crippen molar-refractivity contribution < 1.29 is 9.90 Å². The van der Waals surface area contributed by atoms with Crippen molar-refractivity contribution in [2.75, 3.05) is 13.2 Å². The second-order valence-electron chi connectivity index (χ2n) is 6.34.